The number of ether oxygens (including phenoxy) is 1. The first-order valence-electron chi connectivity index (χ1n) is 8.44. The van der Waals surface area contributed by atoms with E-state index < -0.39 is 12.1 Å². The van der Waals surface area contributed by atoms with Crippen molar-refractivity contribution in [3.8, 4) is 17.1 Å². The minimum absolute atomic E-state index is 0.419. The van der Waals surface area contributed by atoms with Crippen LogP contribution in [0.15, 0.2) is 48.7 Å². The highest BCUT2D eigenvalue weighted by Crippen LogP contribution is 2.28. The molecule has 9 nitrogen and oxygen atoms in total. The van der Waals surface area contributed by atoms with Gasteiger partial charge in [-0.3, -0.25) is 0 Å². The van der Waals surface area contributed by atoms with Gasteiger partial charge in [0.1, 0.15) is 11.4 Å². The van der Waals surface area contributed by atoms with Crippen molar-refractivity contribution in [2.45, 2.75) is 5.33 Å². The third-order valence-electron chi connectivity index (χ3n) is 4.37. The van der Waals surface area contributed by atoms with Gasteiger partial charge in [-0.1, -0.05) is 27.2 Å². The summed E-state index contributed by atoms with van der Waals surface area (Å²) in [6.07, 6.45) is 0.473. The molecule has 0 radical (unpaired) electrons. The van der Waals surface area contributed by atoms with Gasteiger partial charge in [-0.2, -0.15) is 9.78 Å². The van der Waals surface area contributed by atoms with Crippen molar-refractivity contribution >= 4 is 38.9 Å². The van der Waals surface area contributed by atoms with Gasteiger partial charge < -0.3 is 9.84 Å². The third kappa shape index (κ3) is 3.38. The van der Waals surface area contributed by atoms with E-state index in [1.54, 1.807) is 36.5 Å². The Bertz CT molecular complexity index is 1230. The Kier molecular flexibility index (Phi) is 4.85. The Hall–Kier alpha value is -3.53. The van der Waals surface area contributed by atoms with Crippen LogP contribution in [-0.4, -0.2) is 49.1 Å². The molecule has 0 saturated heterocycles. The predicted molar refractivity (Wildman–Crippen MR) is 107 cm³/mol. The van der Waals surface area contributed by atoms with Gasteiger partial charge in [0, 0.05) is 10.7 Å². The number of benzene rings is 2. The average molecular weight is 456 g/mol. The molecule has 0 aliphatic rings. The summed E-state index contributed by atoms with van der Waals surface area (Å²) in [5.74, 6) is -0.427. The number of methoxy groups -OCH3 is 1. The molecule has 4 aromatic rings. The van der Waals surface area contributed by atoms with Crippen LogP contribution in [0, 0.1) is 0 Å². The molecule has 0 bridgehead atoms. The number of aromatic nitrogens is 5. The molecule has 146 valence electrons. The first-order chi connectivity index (χ1) is 14.0. The number of carbonyl (C=O) groups excluding carboxylic acids is 1. The van der Waals surface area contributed by atoms with Gasteiger partial charge in [0.25, 0.3) is 0 Å². The Labute approximate surface area is 172 Å². The molecule has 1 N–H and O–H groups in total. The van der Waals surface area contributed by atoms with Crippen LogP contribution < -0.4 is 0 Å². The molecule has 0 fully saturated rings. The lowest BCUT2D eigenvalue weighted by atomic mass is 10.1. The number of rotatable bonds is 4. The number of nitrogens with zero attached hydrogens (tertiary/aromatic N) is 5. The maximum absolute atomic E-state index is 11.6. The minimum Gasteiger partial charge on any atom is -0.465 e. The summed E-state index contributed by atoms with van der Waals surface area (Å²) >= 11 is 3.41. The molecule has 0 aliphatic carbocycles. The lowest BCUT2D eigenvalue weighted by Gasteiger charge is -2.02. The molecule has 0 amide bonds. The van der Waals surface area contributed by atoms with E-state index in [1.807, 2.05) is 12.1 Å². The van der Waals surface area contributed by atoms with Gasteiger partial charge in [-0.05, 0) is 42.0 Å². The van der Waals surface area contributed by atoms with E-state index in [0.717, 1.165) is 10.2 Å². The van der Waals surface area contributed by atoms with Crippen molar-refractivity contribution in [1.82, 2.24) is 24.8 Å². The lowest BCUT2D eigenvalue weighted by molar-refractivity contribution is 0.0600. The molecule has 0 saturated carbocycles. The largest absolute Gasteiger partial charge is 0.465 e. The van der Waals surface area contributed by atoms with Gasteiger partial charge in [-0.15, -0.1) is 5.10 Å². The topological polar surface area (TPSA) is 112 Å². The normalized spacial score (nSPS) is 11.0. The standard InChI is InChI=1S/C19H14BrN5O4/c1-29-18(26)12-3-5-13(6-4-12)24-10-15(21-23-24)17-14-8-11(9-20)2-7-16(14)25(22-17)19(27)28/h2-8,10H,9H2,1H3,(H,27,28). The molecule has 10 heteroatoms. The van der Waals surface area contributed by atoms with Crippen LogP contribution in [0.2, 0.25) is 0 Å². The smallest absolute Gasteiger partial charge is 0.432 e. The summed E-state index contributed by atoms with van der Waals surface area (Å²) in [6, 6.07) is 12.1. The summed E-state index contributed by atoms with van der Waals surface area (Å²) in [6.45, 7) is 0. The highest BCUT2D eigenvalue weighted by Gasteiger charge is 2.19. The van der Waals surface area contributed by atoms with Gasteiger partial charge in [0.2, 0.25) is 0 Å². The van der Waals surface area contributed by atoms with Crippen LogP contribution >= 0.6 is 15.9 Å². The number of esters is 1. The van der Waals surface area contributed by atoms with Crippen LogP contribution in [0.5, 0.6) is 0 Å². The van der Waals surface area contributed by atoms with Crippen molar-refractivity contribution < 1.29 is 19.4 Å². The van der Waals surface area contributed by atoms with E-state index in [2.05, 4.69) is 36.1 Å². The second kappa shape index (κ2) is 7.47. The zero-order valence-corrected chi connectivity index (χ0v) is 16.7. The highest BCUT2D eigenvalue weighted by molar-refractivity contribution is 9.08. The van der Waals surface area contributed by atoms with E-state index in [4.69, 9.17) is 0 Å². The zero-order chi connectivity index (χ0) is 20.5. The Morgan fingerprint density at radius 3 is 2.59 bits per heavy atom. The molecule has 0 spiro atoms. The van der Waals surface area contributed by atoms with Crippen LogP contribution in [0.4, 0.5) is 4.79 Å². The quantitative estimate of drug-likeness (QED) is 0.370. The van der Waals surface area contributed by atoms with Crippen molar-refractivity contribution in [3.63, 3.8) is 0 Å². The van der Waals surface area contributed by atoms with Gasteiger partial charge in [0.05, 0.1) is 30.1 Å². The number of fused-ring (bicyclic) bond motifs is 1. The van der Waals surface area contributed by atoms with Crippen LogP contribution in [-0.2, 0) is 10.1 Å². The fraction of sp³-hybridized carbons (Fsp3) is 0.105. The summed E-state index contributed by atoms with van der Waals surface area (Å²) in [4.78, 5) is 23.1. The number of hydrogen-bond donors (Lipinski definition) is 1. The highest BCUT2D eigenvalue weighted by atomic mass is 79.9. The number of carboxylic acid groups (broad SMARTS) is 1. The zero-order valence-electron chi connectivity index (χ0n) is 15.1. The maximum Gasteiger partial charge on any atom is 0.432 e. The molecule has 4 rings (SSSR count). The van der Waals surface area contributed by atoms with Crippen LogP contribution in [0.25, 0.3) is 28.0 Å². The summed E-state index contributed by atoms with van der Waals surface area (Å²) < 4.78 is 7.14. The molecule has 0 aliphatic heterocycles. The van der Waals surface area contributed by atoms with E-state index in [0.29, 0.717) is 38.9 Å². The number of carbonyl (C=O) groups is 2. The van der Waals surface area contributed by atoms with Crippen molar-refractivity contribution in [1.29, 1.82) is 0 Å². The van der Waals surface area contributed by atoms with Crippen LogP contribution in [0.1, 0.15) is 15.9 Å². The second-order valence-corrected chi connectivity index (χ2v) is 6.68. The van der Waals surface area contributed by atoms with E-state index >= 15 is 0 Å². The van der Waals surface area contributed by atoms with Gasteiger partial charge in [-0.25, -0.2) is 14.3 Å². The molecular formula is C19H14BrN5O4. The van der Waals surface area contributed by atoms with E-state index in [9.17, 15) is 14.7 Å². The predicted octanol–water partition coefficient (Wildman–Crippen LogP) is 3.49. The third-order valence-corrected chi connectivity index (χ3v) is 5.02. The van der Waals surface area contributed by atoms with E-state index in [-0.39, 0.29) is 0 Å². The van der Waals surface area contributed by atoms with E-state index in [1.165, 1.54) is 11.8 Å². The molecule has 2 heterocycles. The van der Waals surface area contributed by atoms with Crippen molar-refractivity contribution in [2.75, 3.05) is 7.11 Å². The fourth-order valence-corrected chi connectivity index (χ4v) is 3.30. The molecule has 29 heavy (non-hydrogen) atoms. The van der Waals surface area contributed by atoms with Gasteiger partial charge in [0.15, 0.2) is 0 Å². The average Bonchev–Trinajstić information content (AvgIpc) is 3.37. The molecular weight excluding hydrogens is 442 g/mol. The van der Waals surface area contributed by atoms with Crippen LogP contribution in [0.3, 0.4) is 0 Å². The fourth-order valence-electron chi connectivity index (χ4n) is 2.95. The number of alkyl halides is 1. The molecule has 2 aromatic carbocycles. The summed E-state index contributed by atoms with van der Waals surface area (Å²) in [5, 5.41) is 23.2. The lowest BCUT2D eigenvalue weighted by Crippen LogP contribution is -2.09. The Morgan fingerprint density at radius 1 is 1.17 bits per heavy atom. The SMILES string of the molecule is COC(=O)c1ccc(-n2cc(-c3nn(C(=O)O)c4ccc(CBr)cc34)nn2)cc1. The van der Waals surface area contributed by atoms with Crippen molar-refractivity contribution in [2.24, 2.45) is 0 Å². The first-order valence-corrected chi connectivity index (χ1v) is 9.56. The Morgan fingerprint density at radius 2 is 1.93 bits per heavy atom. The number of halogens is 1. The maximum atomic E-state index is 11.6. The summed E-state index contributed by atoms with van der Waals surface area (Å²) in [5.41, 5.74) is 3.40. The second-order valence-electron chi connectivity index (χ2n) is 6.11. The van der Waals surface area contributed by atoms with Gasteiger partial charge >= 0.3 is 12.1 Å². The minimum atomic E-state index is -1.18. The Balaban J connectivity index is 1.77. The monoisotopic (exact) mass is 455 g/mol. The molecule has 0 unspecified atom stereocenters. The molecule has 0 atom stereocenters. The molecule has 2 aromatic heterocycles. The number of hydrogen-bond acceptors (Lipinski definition) is 6. The summed E-state index contributed by atoms with van der Waals surface area (Å²) in [7, 11) is 1.32. The first kappa shape index (κ1) is 18.8. The van der Waals surface area contributed by atoms with Crippen molar-refractivity contribution in [3.05, 3.63) is 59.8 Å².